The molecule has 2 rings (SSSR count). The number of aliphatic hydroxyl groups excluding tert-OH is 1. The van der Waals surface area contributed by atoms with Crippen molar-refractivity contribution < 1.29 is 14.6 Å². The van der Waals surface area contributed by atoms with Gasteiger partial charge in [0.15, 0.2) is 0 Å². The Morgan fingerprint density at radius 2 is 1.67 bits per heavy atom. The van der Waals surface area contributed by atoms with Crippen molar-refractivity contribution in [2.24, 2.45) is 0 Å². The lowest BCUT2D eigenvalue weighted by atomic mass is 10.1. The average molecular weight is 416 g/mol. The van der Waals surface area contributed by atoms with Crippen molar-refractivity contribution in [2.75, 3.05) is 7.11 Å². The molecule has 0 aliphatic rings. The third-order valence-corrected chi connectivity index (χ3v) is 4.03. The second-order valence-electron chi connectivity index (χ2n) is 4.60. The van der Waals surface area contributed by atoms with E-state index in [1.165, 1.54) is 0 Å². The van der Waals surface area contributed by atoms with Gasteiger partial charge in [-0.3, -0.25) is 0 Å². The van der Waals surface area contributed by atoms with E-state index in [4.69, 9.17) is 9.47 Å². The van der Waals surface area contributed by atoms with Crippen molar-refractivity contribution in [1.82, 2.24) is 0 Å². The summed E-state index contributed by atoms with van der Waals surface area (Å²) in [6, 6.07) is 11.4. The van der Waals surface area contributed by atoms with E-state index in [1.54, 1.807) is 14.0 Å². The third kappa shape index (κ3) is 4.22. The van der Waals surface area contributed by atoms with E-state index in [1.807, 2.05) is 36.4 Å². The van der Waals surface area contributed by atoms with Crippen LogP contribution >= 0.6 is 31.9 Å². The largest absolute Gasteiger partial charge is 0.496 e. The highest BCUT2D eigenvalue weighted by Crippen LogP contribution is 2.30. The highest BCUT2D eigenvalue weighted by atomic mass is 79.9. The summed E-state index contributed by atoms with van der Waals surface area (Å²) in [6.07, 6.45) is -0.595. The normalized spacial score (nSPS) is 12.0. The number of rotatable bonds is 5. The number of hydrogen-bond acceptors (Lipinski definition) is 3. The number of aliphatic hydroxyl groups is 1. The molecular formula is C16H16Br2O3. The smallest absolute Gasteiger partial charge is 0.125 e. The van der Waals surface area contributed by atoms with E-state index in [9.17, 15) is 5.11 Å². The van der Waals surface area contributed by atoms with Crippen molar-refractivity contribution in [3.8, 4) is 11.5 Å². The van der Waals surface area contributed by atoms with Crippen LogP contribution in [0.3, 0.4) is 0 Å². The molecule has 0 fully saturated rings. The van der Waals surface area contributed by atoms with Gasteiger partial charge in [0.1, 0.15) is 18.1 Å². The van der Waals surface area contributed by atoms with Crippen LogP contribution in [-0.2, 0) is 6.61 Å². The molecule has 1 N–H and O–H groups in total. The fourth-order valence-corrected chi connectivity index (χ4v) is 2.78. The van der Waals surface area contributed by atoms with Gasteiger partial charge < -0.3 is 14.6 Å². The van der Waals surface area contributed by atoms with E-state index in [2.05, 4.69) is 31.9 Å². The maximum absolute atomic E-state index is 9.84. The highest BCUT2D eigenvalue weighted by Gasteiger charge is 2.11. The molecule has 3 nitrogen and oxygen atoms in total. The van der Waals surface area contributed by atoms with Crippen LogP contribution in [0.25, 0.3) is 0 Å². The quantitative estimate of drug-likeness (QED) is 0.758. The second-order valence-corrected chi connectivity index (χ2v) is 6.43. The minimum absolute atomic E-state index is 0.365. The minimum atomic E-state index is -0.595. The minimum Gasteiger partial charge on any atom is -0.496 e. The van der Waals surface area contributed by atoms with E-state index in [0.717, 1.165) is 25.8 Å². The van der Waals surface area contributed by atoms with E-state index in [-0.39, 0.29) is 0 Å². The summed E-state index contributed by atoms with van der Waals surface area (Å²) < 4.78 is 13.1. The Hall–Kier alpha value is -1.04. The molecule has 0 radical (unpaired) electrons. The Labute approximate surface area is 141 Å². The van der Waals surface area contributed by atoms with Crippen molar-refractivity contribution >= 4 is 31.9 Å². The van der Waals surface area contributed by atoms with Gasteiger partial charge in [0.25, 0.3) is 0 Å². The topological polar surface area (TPSA) is 38.7 Å². The van der Waals surface area contributed by atoms with Gasteiger partial charge >= 0.3 is 0 Å². The highest BCUT2D eigenvalue weighted by molar-refractivity contribution is 9.10. The lowest BCUT2D eigenvalue weighted by Gasteiger charge is -2.15. The maximum Gasteiger partial charge on any atom is 0.125 e. The second kappa shape index (κ2) is 7.29. The average Bonchev–Trinajstić information content (AvgIpc) is 2.46. The van der Waals surface area contributed by atoms with Crippen molar-refractivity contribution in [3.05, 3.63) is 56.5 Å². The summed E-state index contributed by atoms with van der Waals surface area (Å²) >= 11 is 6.84. The third-order valence-electron chi connectivity index (χ3n) is 3.05. The molecule has 0 saturated heterocycles. The van der Waals surface area contributed by atoms with Crippen molar-refractivity contribution in [3.63, 3.8) is 0 Å². The molecule has 0 bridgehead atoms. The molecule has 0 unspecified atom stereocenters. The summed E-state index contributed by atoms with van der Waals surface area (Å²) in [4.78, 5) is 0. The standard InChI is InChI=1S/C16H16Br2O3/c1-10(19)14-8-13(18)4-6-16(14)21-9-11-7-12(17)3-5-15(11)20-2/h3-8,10,19H,9H2,1-2H3/t10-/m1/s1. The number of halogens is 2. The van der Waals surface area contributed by atoms with Gasteiger partial charge in [0, 0.05) is 20.1 Å². The Bertz CT molecular complexity index is 627. The first-order chi connectivity index (χ1) is 10.0. The van der Waals surface area contributed by atoms with E-state index < -0.39 is 6.10 Å². The Balaban J connectivity index is 2.22. The van der Waals surface area contributed by atoms with Crippen molar-refractivity contribution in [1.29, 1.82) is 0 Å². The molecule has 0 aliphatic carbocycles. The monoisotopic (exact) mass is 414 g/mol. The first kappa shape index (κ1) is 16.3. The Morgan fingerprint density at radius 3 is 2.29 bits per heavy atom. The van der Waals surface area contributed by atoms with Gasteiger partial charge in [0.05, 0.1) is 13.2 Å². The SMILES string of the molecule is COc1ccc(Br)cc1COc1ccc(Br)cc1[C@@H](C)O. The van der Waals surface area contributed by atoms with Crippen LogP contribution in [0.1, 0.15) is 24.2 Å². The molecule has 0 saturated carbocycles. The summed E-state index contributed by atoms with van der Waals surface area (Å²) in [5, 5.41) is 9.84. The predicted molar refractivity (Wildman–Crippen MR) is 89.8 cm³/mol. The van der Waals surface area contributed by atoms with Crippen molar-refractivity contribution in [2.45, 2.75) is 19.6 Å². The van der Waals surface area contributed by atoms with Gasteiger partial charge in [-0.05, 0) is 43.3 Å². The van der Waals surface area contributed by atoms with E-state index in [0.29, 0.717) is 12.4 Å². The van der Waals surface area contributed by atoms with Gasteiger partial charge in [-0.15, -0.1) is 0 Å². The number of benzene rings is 2. The molecular weight excluding hydrogens is 400 g/mol. The fraction of sp³-hybridized carbons (Fsp3) is 0.250. The molecule has 0 heterocycles. The lowest BCUT2D eigenvalue weighted by molar-refractivity contribution is 0.189. The van der Waals surface area contributed by atoms with Crippen LogP contribution in [0.15, 0.2) is 45.3 Å². The van der Waals surface area contributed by atoms with E-state index >= 15 is 0 Å². The summed E-state index contributed by atoms with van der Waals surface area (Å²) in [7, 11) is 1.63. The van der Waals surface area contributed by atoms with Crippen LogP contribution in [0, 0.1) is 0 Å². The van der Waals surface area contributed by atoms with Gasteiger partial charge in [-0.2, -0.15) is 0 Å². The molecule has 0 aliphatic heterocycles. The molecule has 112 valence electrons. The molecule has 5 heteroatoms. The molecule has 2 aromatic carbocycles. The zero-order valence-electron chi connectivity index (χ0n) is 11.8. The molecule has 0 spiro atoms. The van der Waals surface area contributed by atoms with Crippen LogP contribution < -0.4 is 9.47 Å². The first-order valence-electron chi connectivity index (χ1n) is 6.44. The molecule has 0 amide bonds. The number of hydrogen-bond donors (Lipinski definition) is 1. The van der Waals surface area contributed by atoms with Crippen LogP contribution in [0.4, 0.5) is 0 Å². The maximum atomic E-state index is 9.84. The van der Waals surface area contributed by atoms with Gasteiger partial charge in [0.2, 0.25) is 0 Å². The summed E-state index contributed by atoms with van der Waals surface area (Å²) in [5.74, 6) is 1.43. The van der Waals surface area contributed by atoms with Gasteiger partial charge in [-0.1, -0.05) is 31.9 Å². The summed E-state index contributed by atoms with van der Waals surface area (Å²) in [6.45, 7) is 2.08. The Kier molecular flexibility index (Phi) is 5.67. The lowest BCUT2D eigenvalue weighted by Crippen LogP contribution is -2.02. The number of methoxy groups -OCH3 is 1. The van der Waals surface area contributed by atoms with Gasteiger partial charge in [-0.25, -0.2) is 0 Å². The predicted octanol–water partition coefficient (Wildman–Crippen LogP) is 4.85. The zero-order valence-corrected chi connectivity index (χ0v) is 14.9. The summed E-state index contributed by atoms with van der Waals surface area (Å²) in [5.41, 5.74) is 1.68. The molecule has 1 atom stereocenters. The molecule has 21 heavy (non-hydrogen) atoms. The first-order valence-corrected chi connectivity index (χ1v) is 8.02. The molecule has 0 aromatic heterocycles. The zero-order chi connectivity index (χ0) is 15.4. The van der Waals surface area contributed by atoms with Crippen LogP contribution in [-0.4, -0.2) is 12.2 Å². The van der Waals surface area contributed by atoms with Crippen LogP contribution in [0.2, 0.25) is 0 Å². The number of ether oxygens (including phenoxy) is 2. The molecule has 2 aromatic rings. The fourth-order valence-electron chi connectivity index (χ4n) is 1.99. The Morgan fingerprint density at radius 1 is 1.05 bits per heavy atom. The van der Waals surface area contributed by atoms with Crippen LogP contribution in [0.5, 0.6) is 11.5 Å².